The number of ether oxygens (including phenoxy) is 1. The van der Waals surface area contributed by atoms with Crippen molar-refractivity contribution < 1.29 is 14.5 Å². The minimum absolute atomic E-state index is 0.0922. The quantitative estimate of drug-likeness (QED) is 0.291. The van der Waals surface area contributed by atoms with Crippen LogP contribution >= 0.6 is 0 Å². The van der Waals surface area contributed by atoms with Crippen LogP contribution in [0.4, 0.5) is 11.4 Å². The number of aromatic nitrogens is 2. The number of H-pyrrole nitrogens is 1. The van der Waals surface area contributed by atoms with Gasteiger partial charge in [-0.25, -0.2) is 4.68 Å². The van der Waals surface area contributed by atoms with E-state index < -0.39 is 16.5 Å². The Morgan fingerprint density at radius 1 is 1.17 bits per heavy atom. The summed E-state index contributed by atoms with van der Waals surface area (Å²) in [6.45, 7) is 3.65. The number of aromatic amines is 1. The molecule has 0 fully saturated rings. The van der Waals surface area contributed by atoms with Crippen molar-refractivity contribution in [3.05, 3.63) is 85.8 Å². The summed E-state index contributed by atoms with van der Waals surface area (Å²) < 4.78 is 5.96. The number of non-ortho nitro benzene ring substituents is 1. The fraction of sp³-hybridized carbons (Fsp3) is 0.190. The van der Waals surface area contributed by atoms with Crippen molar-refractivity contribution in [1.82, 2.24) is 9.78 Å². The van der Waals surface area contributed by atoms with Gasteiger partial charge in [0.05, 0.1) is 46.8 Å². The number of aliphatic imine (C=N–C) groups is 1. The van der Waals surface area contributed by atoms with Gasteiger partial charge in [-0.15, -0.1) is 0 Å². The highest BCUT2D eigenvalue weighted by atomic mass is 16.6. The molecule has 3 rings (SSSR count). The van der Waals surface area contributed by atoms with Gasteiger partial charge in [0.15, 0.2) is 0 Å². The van der Waals surface area contributed by atoms with E-state index in [1.54, 1.807) is 6.92 Å². The molecule has 0 aliphatic carbocycles. The molecule has 9 nitrogen and oxygen atoms in total. The number of hydrogen-bond donors (Lipinski definition) is 1. The first-order valence-corrected chi connectivity index (χ1v) is 9.08. The first-order valence-electron chi connectivity index (χ1n) is 9.08. The fourth-order valence-electron chi connectivity index (χ4n) is 2.97. The Balaban J connectivity index is 2.10. The molecule has 0 amide bonds. The van der Waals surface area contributed by atoms with E-state index in [9.17, 15) is 19.7 Å². The molecule has 2 aromatic carbocycles. The van der Waals surface area contributed by atoms with Gasteiger partial charge in [-0.05, 0) is 38.1 Å². The Kier molecular flexibility index (Phi) is 5.91. The average Bonchev–Trinajstić information content (AvgIpc) is 3.05. The standard InChI is InChI=1S/C21H20N4O5/c1-13-4-6-15(7-5-13)22-14(2)20-18(12-19(26)30-3)23-24(21(20)27)16-8-10-17(11-9-16)25(28)29/h4-11,23H,12H2,1-3H3. The number of nitrogens with one attached hydrogen (secondary N) is 1. The molecule has 0 bridgehead atoms. The normalized spacial score (nSPS) is 11.4. The van der Waals surface area contributed by atoms with E-state index >= 15 is 0 Å². The number of nitro groups is 1. The monoisotopic (exact) mass is 408 g/mol. The Morgan fingerprint density at radius 2 is 1.80 bits per heavy atom. The molecule has 0 radical (unpaired) electrons. The topological polar surface area (TPSA) is 120 Å². The number of esters is 1. The second-order valence-corrected chi connectivity index (χ2v) is 6.67. The predicted molar refractivity (Wildman–Crippen MR) is 112 cm³/mol. The third kappa shape index (κ3) is 4.35. The van der Waals surface area contributed by atoms with Gasteiger partial charge in [0, 0.05) is 12.1 Å². The molecule has 0 aliphatic rings. The van der Waals surface area contributed by atoms with Crippen LogP contribution < -0.4 is 5.56 Å². The number of carbonyl (C=O) groups excluding carboxylic acids is 1. The van der Waals surface area contributed by atoms with Crippen molar-refractivity contribution in [3.63, 3.8) is 0 Å². The summed E-state index contributed by atoms with van der Waals surface area (Å²) in [7, 11) is 1.26. The molecule has 9 heteroatoms. The summed E-state index contributed by atoms with van der Waals surface area (Å²) in [6, 6.07) is 13.0. The fourth-order valence-corrected chi connectivity index (χ4v) is 2.97. The Morgan fingerprint density at radius 3 is 2.37 bits per heavy atom. The first-order chi connectivity index (χ1) is 14.3. The molecule has 30 heavy (non-hydrogen) atoms. The number of aryl methyl sites for hydroxylation is 1. The van der Waals surface area contributed by atoms with Gasteiger partial charge in [0.25, 0.3) is 11.2 Å². The molecule has 3 aromatic rings. The zero-order chi connectivity index (χ0) is 21.8. The Hall–Kier alpha value is -4.01. The molecule has 1 N–H and O–H groups in total. The van der Waals surface area contributed by atoms with Crippen molar-refractivity contribution >= 4 is 23.1 Å². The van der Waals surface area contributed by atoms with E-state index in [1.807, 2.05) is 31.2 Å². The van der Waals surface area contributed by atoms with Gasteiger partial charge in [0.2, 0.25) is 0 Å². The van der Waals surface area contributed by atoms with Crippen LogP contribution in [0.3, 0.4) is 0 Å². The molecule has 0 unspecified atom stereocenters. The van der Waals surface area contributed by atoms with Crippen molar-refractivity contribution in [2.45, 2.75) is 20.3 Å². The van der Waals surface area contributed by atoms with Crippen LogP contribution in [0.25, 0.3) is 5.69 Å². The Labute approximate surface area is 171 Å². The summed E-state index contributed by atoms with van der Waals surface area (Å²) in [5.74, 6) is -0.517. The minimum Gasteiger partial charge on any atom is -0.469 e. The smallest absolute Gasteiger partial charge is 0.311 e. The highest BCUT2D eigenvalue weighted by molar-refractivity contribution is 6.01. The van der Waals surface area contributed by atoms with E-state index in [0.717, 1.165) is 5.56 Å². The van der Waals surface area contributed by atoms with Crippen molar-refractivity contribution in [2.24, 2.45) is 4.99 Å². The van der Waals surface area contributed by atoms with Gasteiger partial charge in [-0.2, -0.15) is 0 Å². The minimum atomic E-state index is -0.520. The lowest BCUT2D eigenvalue weighted by atomic mass is 10.1. The van der Waals surface area contributed by atoms with Gasteiger partial charge < -0.3 is 4.74 Å². The van der Waals surface area contributed by atoms with Gasteiger partial charge in [0.1, 0.15) is 0 Å². The SMILES string of the molecule is COC(=O)Cc1[nH]n(-c2ccc([N+](=O)[O-])cc2)c(=O)c1C(C)=Nc1ccc(C)cc1. The molecule has 0 atom stereocenters. The molecule has 0 aliphatic heterocycles. The third-order valence-corrected chi connectivity index (χ3v) is 4.53. The highest BCUT2D eigenvalue weighted by Crippen LogP contribution is 2.18. The molecule has 154 valence electrons. The van der Waals surface area contributed by atoms with E-state index in [2.05, 4.69) is 10.1 Å². The van der Waals surface area contributed by atoms with Crippen LogP contribution in [0.5, 0.6) is 0 Å². The number of methoxy groups -OCH3 is 1. The zero-order valence-electron chi connectivity index (χ0n) is 16.7. The van der Waals surface area contributed by atoms with Crippen molar-refractivity contribution in [2.75, 3.05) is 7.11 Å². The molecule has 0 saturated heterocycles. The lowest BCUT2D eigenvalue weighted by Gasteiger charge is -2.02. The summed E-state index contributed by atoms with van der Waals surface area (Å²) in [4.78, 5) is 39.9. The molecular formula is C21H20N4O5. The molecule has 1 aromatic heterocycles. The Bertz CT molecular complexity index is 1170. The number of hydrogen-bond acceptors (Lipinski definition) is 6. The lowest BCUT2D eigenvalue weighted by molar-refractivity contribution is -0.384. The van der Waals surface area contributed by atoms with E-state index in [0.29, 0.717) is 22.8 Å². The van der Waals surface area contributed by atoms with Crippen LogP contribution in [-0.4, -0.2) is 33.5 Å². The van der Waals surface area contributed by atoms with E-state index in [4.69, 9.17) is 4.74 Å². The molecular weight excluding hydrogens is 388 g/mol. The number of nitro benzene ring substituents is 1. The highest BCUT2D eigenvalue weighted by Gasteiger charge is 2.20. The summed E-state index contributed by atoms with van der Waals surface area (Å²) in [6.07, 6.45) is -0.151. The number of rotatable bonds is 6. The summed E-state index contributed by atoms with van der Waals surface area (Å²) >= 11 is 0. The summed E-state index contributed by atoms with van der Waals surface area (Å²) in [5, 5.41) is 13.8. The van der Waals surface area contributed by atoms with Crippen LogP contribution in [0.2, 0.25) is 0 Å². The van der Waals surface area contributed by atoms with Crippen LogP contribution in [0.1, 0.15) is 23.7 Å². The number of carbonyl (C=O) groups is 1. The average molecular weight is 408 g/mol. The number of benzene rings is 2. The van der Waals surface area contributed by atoms with Gasteiger partial charge >= 0.3 is 5.97 Å². The zero-order valence-corrected chi connectivity index (χ0v) is 16.7. The molecule has 0 saturated carbocycles. The maximum Gasteiger partial charge on any atom is 0.311 e. The lowest BCUT2D eigenvalue weighted by Crippen LogP contribution is -2.20. The largest absolute Gasteiger partial charge is 0.469 e. The van der Waals surface area contributed by atoms with Crippen LogP contribution in [-0.2, 0) is 16.0 Å². The predicted octanol–water partition coefficient (Wildman–Crippen LogP) is 3.24. The summed E-state index contributed by atoms with van der Waals surface area (Å²) in [5.41, 5.74) is 2.66. The van der Waals surface area contributed by atoms with E-state index in [-0.39, 0.29) is 17.7 Å². The van der Waals surface area contributed by atoms with Crippen molar-refractivity contribution in [3.8, 4) is 5.69 Å². The van der Waals surface area contributed by atoms with E-state index in [1.165, 1.54) is 36.1 Å². The second-order valence-electron chi connectivity index (χ2n) is 6.67. The number of nitrogens with zero attached hydrogens (tertiary/aromatic N) is 3. The maximum absolute atomic E-state index is 13.1. The van der Waals surface area contributed by atoms with Gasteiger partial charge in [-0.1, -0.05) is 17.7 Å². The van der Waals surface area contributed by atoms with Gasteiger partial charge in [-0.3, -0.25) is 29.8 Å². The second kappa shape index (κ2) is 8.56. The molecule has 1 heterocycles. The van der Waals surface area contributed by atoms with Crippen LogP contribution in [0.15, 0.2) is 58.3 Å². The van der Waals surface area contributed by atoms with Crippen LogP contribution in [0, 0.1) is 17.0 Å². The third-order valence-electron chi connectivity index (χ3n) is 4.53. The molecule has 0 spiro atoms. The maximum atomic E-state index is 13.1. The first kappa shape index (κ1) is 20.7. The van der Waals surface area contributed by atoms with Crippen molar-refractivity contribution in [1.29, 1.82) is 0 Å².